The van der Waals surface area contributed by atoms with Crippen LogP contribution in [0.4, 0.5) is 0 Å². The minimum atomic E-state index is 0.568. The van der Waals surface area contributed by atoms with Crippen molar-refractivity contribution >= 4 is 5.96 Å². The molecule has 1 unspecified atom stereocenters. The van der Waals surface area contributed by atoms with Crippen LogP contribution in [0.25, 0.3) is 0 Å². The van der Waals surface area contributed by atoms with Crippen molar-refractivity contribution in [3.8, 4) is 0 Å². The summed E-state index contributed by atoms with van der Waals surface area (Å²) < 4.78 is 1.90. The van der Waals surface area contributed by atoms with Crippen molar-refractivity contribution in [3.63, 3.8) is 0 Å². The summed E-state index contributed by atoms with van der Waals surface area (Å²) in [6, 6.07) is 0.777. The van der Waals surface area contributed by atoms with Gasteiger partial charge < -0.3 is 15.1 Å². The molecule has 1 aliphatic carbocycles. The van der Waals surface area contributed by atoms with Gasteiger partial charge in [-0.3, -0.25) is 9.67 Å². The van der Waals surface area contributed by atoms with Gasteiger partial charge >= 0.3 is 0 Å². The zero-order valence-electron chi connectivity index (χ0n) is 16.1. The van der Waals surface area contributed by atoms with E-state index in [-0.39, 0.29) is 0 Å². The molecule has 3 rings (SSSR count). The molecule has 140 valence electrons. The van der Waals surface area contributed by atoms with Gasteiger partial charge in [0.15, 0.2) is 5.96 Å². The third kappa shape index (κ3) is 4.75. The third-order valence-electron chi connectivity index (χ3n) is 5.68. The molecular weight excluding hydrogens is 312 g/mol. The Balaban J connectivity index is 1.53. The van der Waals surface area contributed by atoms with Crippen LogP contribution in [0, 0.1) is 0 Å². The highest BCUT2D eigenvalue weighted by Crippen LogP contribution is 2.26. The average Bonchev–Trinajstić information content (AvgIpc) is 3.34. The van der Waals surface area contributed by atoms with Crippen molar-refractivity contribution in [1.29, 1.82) is 0 Å². The smallest absolute Gasteiger partial charge is 0.193 e. The molecule has 1 aromatic rings. The van der Waals surface area contributed by atoms with E-state index in [0.29, 0.717) is 5.92 Å². The van der Waals surface area contributed by atoms with E-state index in [1.54, 1.807) is 0 Å². The molecule has 1 atom stereocenters. The lowest BCUT2D eigenvalue weighted by Gasteiger charge is -2.24. The summed E-state index contributed by atoms with van der Waals surface area (Å²) in [5.41, 5.74) is 1.35. The average molecular weight is 347 g/mol. The van der Waals surface area contributed by atoms with Gasteiger partial charge in [0.1, 0.15) is 0 Å². The second kappa shape index (κ2) is 8.70. The molecule has 0 spiro atoms. The largest absolute Gasteiger partial charge is 0.357 e. The maximum absolute atomic E-state index is 4.91. The maximum atomic E-state index is 4.91. The Bertz CT molecular complexity index is 560. The monoisotopic (exact) mass is 346 g/mol. The Labute approximate surface area is 152 Å². The summed E-state index contributed by atoms with van der Waals surface area (Å²) in [4.78, 5) is 9.83. The Morgan fingerprint density at radius 3 is 2.84 bits per heavy atom. The van der Waals surface area contributed by atoms with E-state index in [4.69, 9.17) is 4.99 Å². The van der Waals surface area contributed by atoms with Crippen molar-refractivity contribution in [1.82, 2.24) is 24.9 Å². The molecule has 0 aromatic carbocycles. The number of rotatable bonds is 6. The highest BCUT2D eigenvalue weighted by atomic mass is 15.3. The molecule has 0 amide bonds. The Morgan fingerprint density at radius 2 is 2.16 bits per heavy atom. The van der Waals surface area contributed by atoms with Gasteiger partial charge in [-0.25, -0.2) is 0 Å². The highest BCUT2D eigenvalue weighted by Gasteiger charge is 2.27. The van der Waals surface area contributed by atoms with E-state index in [1.165, 1.54) is 37.7 Å². The number of aryl methyl sites for hydroxylation is 1. The Morgan fingerprint density at radius 1 is 1.36 bits per heavy atom. The minimum absolute atomic E-state index is 0.568. The van der Waals surface area contributed by atoms with Crippen LogP contribution in [0.5, 0.6) is 0 Å². The van der Waals surface area contributed by atoms with Crippen molar-refractivity contribution in [2.45, 2.75) is 51.0 Å². The summed E-state index contributed by atoms with van der Waals surface area (Å²) in [7, 11) is 4.25. The zero-order valence-corrected chi connectivity index (χ0v) is 16.1. The summed E-state index contributed by atoms with van der Waals surface area (Å²) in [5.74, 6) is 1.65. The van der Waals surface area contributed by atoms with E-state index in [2.05, 4.69) is 40.4 Å². The van der Waals surface area contributed by atoms with E-state index >= 15 is 0 Å². The van der Waals surface area contributed by atoms with Gasteiger partial charge in [-0.1, -0.05) is 12.8 Å². The zero-order chi connectivity index (χ0) is 17.6. The number of guanidine groups is 1. The van der Waals surface area contributed by atoms with Crippen molar-refractivity contribution in [3.05, 3.63) is 18.0 Å². The quantitative estimate of drug-likeness (QED) is 0.633. The van der Waals surface area contributed by atoms with Gasteiger partial charge in [0.2, 0.25) is 0 Å². The Kier molecular flexibility index (Phi) is 6.34. The predicted molar refractivity (Wildman–Crippen MR) is 103 cm³/mol. The van der Waals surface area contributed by atoms with Crippen molar-refractivity contribution in [2.75, 3.05) is 39.8 Å². The summed E-state index contributed by atoms with van der Waals surface area (Å²) in [5, 5.41) is 7.80. The fourth-order valence-corrected chi connectivity index (χ4v) is 4.14. The van der Waals surface area contributed by atoms with Crippen molar-refractivity contribution < 1.29 is 0 Å². The molecule has 1 saturated heterocycles. The molecular formula is C19H34N6. The predicted octanol–water partition coefficient (Wildman–Crippen LogP) is 2.05. The minimum Gasteiger partial charge on any atom is -0.357 e. The van der Waals surface area contributed by atoms with Crippen LogP contribution >= 0.6 is 0 Å². The normalized spacial score (nSPS) is 22.3. The van der Waals surface area contributed by atoms with E-state index in [9.17, 15) is 0 Å². The number of aliphatic imine (C=N–C) groups is 1. The van der Waals surface area contributed by atoms with Gasteiger partial charge in [-0.05, 0) is 38.8 Å². The van der Waals surface area contributed by atoms with Crippen LogP contribution in [0.3, 0.4) is 0 Å². The number of aromatic nitrogens is 2. The number of likely N-dealkylation sites (tertiary alicyclic amines) is 1. The lowest BCUT2D eigenvalue weighted by molar-refractivity contribution is 0.252. The first kappa shape index (κ1) is 18.2. The molecule has 2 aliphatic rings. The molecule has 1 aliphatic heterocycles. The number of nitrogens with one attached hydrogen (secondary N) is 1. The fraction of sp³-hybridized carbons (Fsp3) is 0.789. The first-order chi connectivity index (χ1) is 12.2. The second-order valence-electron chi connectivity index (χ2n) is 7.53. The molecule has 25 heavy (non-hydrogen) atoms. The number of nitrogens with zero attached hydrogens (tertiary/aromatic N) is 5. The summed E-state index contributed by atoms with van der Waals surface area (Å²) in [6.07, 6.45) is 10.8. The topological polar surface area (TPSA) is 48.7 Å². The standard InChI is InChI=1S/C19H34N6/c1-4-20-19(21-10-12-23(2)18-7-5-6-8-18)25-11-9-16(15-25)17-13-22-24(3)14-17/h13-14,16,18H,4-12,15H2,1-3H3,(H,20,21). The van der Waals surface area contributed by atoms with Crippen LogP contribution in [-0.2, 0) is 7.05 Å². The molecule has 6 nitrogen and oxygen atoms in total. The van der Waals surface area contributed by atoms with Gasteiger partial charge in [0.25, 0.3) is 0 Å². The highest BCUT2D eigenvalue weighted by molar-refractivity contribution is 5.80. The maximum Gasteiger partial charge on any atom is 0.193 e. The molecule has 6 heteroatoms. The summed E-state index contributed by atoms with van der Waals surface area (Å²) >= 11 is 0. The number of likely N-dealkylation sites (N-methyl/N-ethyl adjacent to an activating group) is 1. The number of hydrogen-bond donors (Lipinski definition) is 1. The van der Waals surface area contributed by atoms with Crippen LogP contribution in [0.2, 0.25) is 0 Å². The van der Waals surface area contributed by atoms with Crippen LogP contribution < -0.4 is 5.32 Å². The van der Waals surface area contributed by atoms with Crippen LogP contribution in [-0.4, -0.2) is 71.4 Å². The van der Waals surface area contributed by atoms with Crippen LogP contribution in [0.1, 0.15) is 50.5 Å². The lowest BCUT2D eigenvalue weighted by atomic mass is 10.0. The first-order valence-corrected chi connectivity index (χ1v) is 9.89. The lowest BCUT2D eigenvalue weighted by Crippen LogP contribution is -2.40. The second-order valence-corrected chi connectivity index (χ2v) is 7.53. The molecule has 1 saturated carbocycles. The summed E-state index contributed by atoms with van der Waals surface area (Å²) in [6.45, 7) is 7.11. The molecule has 0 radical (unpaired) electrons. The van der Waals surface area contributed by atoms with Gasteiger partial charge in [-0.2, -0.15) is 5.10 Å². The molecule has 0 bridgehead atoms. The van der Waals surface area contributed by atoms with Crippen LogP contribution in [0.15, 0.2) is 17.4 Å². The van der Waals surface area contributed by atoms with Gasteiger partial charge in [0.05, 0.1) is 12.7 Å². The van der Waals surface area contributed by atoms with E-state index in [1.807, 2.05) is 17.9 Å². The molecule has 1 N–H and O–H groups in total. The van der Waals surface area contributed by atoms with E-state index in [0.717, 1.165) is 44.7 Å². The van der Waals surface area contributed by atoms with Gasteiger partial charge in [-0.15, -0.1) is 0 Å². The third-order valence-corrected chi connectivity index (χ3v) is 5.68. The SMILES string of the molecule is CCNC(=NCCN(C)C1CCCC1)N1CCC(c2cnn(C)c2)C1. The fourth-order valence-electron chi connectivity index (χ4n) is 4.14. The molecule has 1 aromatic heterocycles. The first-order valence-electron chi connectivity index (χ1n) is 9.89. The Hall–Kier alpha value is -1.56. The van der Waals surface area contributed by atoms with Crippen molar-refractivity contribution in [2.24, 2.45) is 12.0 Å². The molecule has 2 heterocycles. The van der Waals surface area contributed by atoms with E-state index < -0.39 is 0 Å². The number of hydrogen-bond acceptors (Lipinski definition) is 3. The van der Waals surface area contributed by atoms with Gasteiger partial charge in [0, 0.05) is 51.4 Å². The molecule has 2 fully saturated rings.